The molecule has 0 saturated carbocycles. The van der Waals surface area contributed by atoms with Crippen LogP contribution in [0.4, 0.5) is 13.2 Å². The summed E-state index contributed by atoms with van der Waals surface area (Å²) in [5.74, 6) is -3.23. The van der Waals surface area contributed by atoms with Crippen molar-refractivity contribution in [2.24, 2.45) is 0 Å². The van der Waals surface area contributed by atoms with Crippen molar-refractivity contribution in [1.29, 1.82) is 10.8 Å². The minimum Gasteiger partial charge on any atom is -0.305 e. The Balaban J connectivity index is 2.89. The molecule has 0 atom stereocenters. The summed E-state index contributed by atoms with van der Waals surface area (Å²) in [4.78, 5) is 0. The van der Waals surface area contributed by atoms with E-state index in [2.05, 4.69) is 0 Å². The number of nitrogens with one attached hydrogen (secondary N) is 2. The van der Waals surface area contributed by atoms with E-state index in [1.54, 1.807) is 30.3 Å². The molecule has 2 nitrogen and oxygen atoms in total. The van der Waals surface area contributed by atoms with Crippen LogP contribution in [0.25, 0.3) is 11.1 Å². The van der Waals surface area contributed by atoms with Gasteiger partial charge < -0.3 is 10.8 Å². The molecule has 5 heteroatoms. The number of allylic oxidation sites excluding steroid dienone is 2. The van der Waals surface area contributed by atoms with Crippen LogP contribution in [0.15, 0.2) is 42.5 Å². The smallest absolute Gasteiger partial charge is 0.136 e. The van der Waals surface area contributed by atoms with Crippen molar-refractivity contribution < 1.29 is 13.2 Å². The first kappa shape index (κ1) is 16.7. The van der Waals surface area contributed by atoms with E-state index in [9.17, 15) is 13.2 Å². The predicted molar refractivity (Wildman–Crippen MR) is 86.4 cm³/mol. The fourth-order valence-corrected chi connectivity index (χ4v) is 2.43. The molecule has 0 aliphatic rings. The van der Waals surface area contributed by atoms with Crippen molar-refractivity contribution in [3.05, 3.63) is 71.0 Å². The maximum atomic E-state index is 14.2. The lowest BCUT2D eigenvalue weighted by Crippen LogP contribution is -2.09. The van der Waals surface area contributed by atoms with E-state index in [0.29, 0.717) is 17.7 Å². The van der Waals surface area contributed by atoms with Gasteiger partial charge in [0.1, 0.15) is 17.5 Å². The third-order valence-corrected chi connectivity index (χ3v) is 3.32. The van der Waals surface area contributed by atoms with Crippen molar-refractivity contribution in [3.63, 3.8) is 0 Å². The highest BCUT2D eigenvalue weighted by Gasteiger charge is 2.22. The zero-order chi connectivity index (χ0) is 17.1. The number of benzene rings is 2. The highest BCUT2D eigenvalue weighted by atomic mass is 19.1. The third-order valence-electron chi connectivity index (χ3n) is 3.32. The van der Waals surface area contributed by atoms with Crippen LogP contribution >= 0.6 is 0 Å². The maximum Gasteiger partial charge on any atom is 0.136 e. The van der Waals surface area contributed by atoms with Gasteiger partial charge in [-0.2, -0.15) is 0 Å². The summed E-state index contributed by atoms with van der Waals surface area (Å²) in [5.41, 5.74) is 0.191. The lowest BCUT2D eigenvalue weighted by Gasteiger charge is -2.16. The molecule has 2 aromatic rings. The van der Waals surface area contributed by atoms with Gasteiger partial charge in [0.25, 0.3) is 0 Å². The summed E-state index contributed by atoms with van der Waals surface area (Å²) in [6.45, 7) is 2.86. The van der Waals surface area contributed by atoms with E-state index in [1.165, 1.54) is 13.8 Å². The fraction of sp³-hybridized carbons (Fsp3) is 0.111. The molecule has 2 N–H and O–H groups in total. The Morgan fingerprint density at radius 1 is 0.783 bits per heavy atom. The van der Waals surface area contributed by atoms with E-state index in [-0.39, 0.29) is 22.6 Å². The zero-order valence-corrected chi connectivity index (χ0v) is 12.7. The van der Waals surface area contributed by atoms with Crippen LogP contribution < -0.4 is 0 Å². The van der Waals surface area contributed by atoms with Gasteiger partial charge in [-0.1, -0.05) is 30.3 Å². The first-order valence-electron chi connectivity index (χ1n) is 6.88. The first-order valence-corrected chi connectivity index (χ1v) is 6.88. The molecule has 0 radical (unpaired) electrons. The molecule has 118 valence electrons. The SMILES string of the molecule is CC(=N)/C(=C(\C(C)=N)c1c(F)cc(F)cc1F)c1ccccc1. The molecule has 0 aromatic heterocycles. The van der Waals surface area contributed by atoms with Crippen molar-refractivity contribution in [2.75, 3.05) is 0 Å². The Bertz CT molecular complexity index is 785. The molecular formula is C18H15F3N2. The number of hydrogen-bond acceptors (Lipinski definition) is 2. The van der Waals surface area contributed by atoms with E-state index in [0.717, 1.165) is 0 Å². The Labute approximate surface area is 132 Å². The molecule has 2 aromatic carbocycles. The Morgan fingerprint density at radius 2 is 1.26 bits per heavy atom. The summed E-state index contributed by atoms with van der Waals surface area (Å²) >= 11 is 0. The van der Waals surface area contributed by atoms with Crippen molar-refractivity contribution >= 4 is 22.6 Å². The van der Waals surface area contributed by atoms with Gasteiger partial charge in [-0.15, -0.1) is 0 Å². The number of rotatable bonds is 4. The van der Waals surface area contributed by atoms with Crippen LogP contribution in [0.5, 0.6) is 0 Å². The van der Waals surface area contributed by atoms with Gasteiger partial charge in [0.15, 0.2) is 0 Å². The third kappa shape index (κ3) is 3.39. The molecule has 0 amide bonds. The average molecular weight is 316 g/mol. The van der Waals surface area contributed by atoms with Crippen LogP contribution in [0.3, 0.4) is 0 Å². The highest BCUT2D eigenvalue weighted by molar-refractivity contribution is 6.41. The minimum absolute atomic E-state index is 0.0564. The van der Waals surface area contributed by atoms with E-state index >= 15 is 0 Å². The summed E-state index contributed by atoms with van der Waals surface area (Å²) in [6, 6.07) is 9.76. The monoisotopic (exact) mass is 316 g/mol. The predicted octanol–water partition coefficient (Wildman–Crippen LogP) is 5.09. The van der Waals surface area contributed by atoms with Gasteiger partial charge >= 0.3 is 0 Å². The number of hydrogen-bond donors (Lipinski definition) is 2. The molecule has 0 saturated heterocycles. The molecule has 0 fully saturated rings. The fourth-order valence-electron chi connectivity index (χ4n) is 2.43. The molecule has 0 heterocycles. The highest BCUT2D eigenvalue weighted by Crippen LogP contribution is 2.32. The molecule has 0 spiro atoms. The van der Waals surface area contributed by atoms with E-state index in [1.807, 2.05) is 0 Å². The topological polar surface area (TPSA) is 47.7 Å². The van der Waals surface area contributed by atoms with Gasteiger partial charge in [-0.25, -0.2) is 13.2 Å². The molecule has 23 heavy (non-hydrogen) atoms. The molecular weight excluding hydrogens is 301 g/mol. The maximum absolute atomic E-state index is 14.2. The van der Waals surface area contributed by atoms with Gasteiger partial charge in [-0.05, 0) is 19.4 Å². The van der Waals surface area contributed by atoms with Crippen LogP contribution in [0, 0.1) is 28.3 Å². The van der Waals surface area contributed by atoms with Crippen molar-refractivity contribution in [1.82, 2.24) is 0 Å². The largest absolute Gasteiger partial charge is 0.305 e. The summed E-state index contributed by atoms with van der Waals surface area (Å²) in [6.07, 6.45) is 0. The number of halogens is 3. The zero-order valence-electron chi connectivity index (χ0n) is 12.7. The molecule has 0 aliphatic heterocycles. The Hall–Kier alpha value is -2.69. The standard InChI is InChI=1S/C18H15F3N2/c1-10(22)16(12-6-4-3-5-7-12)17(11(2)23)18-14(20)8-13(19)9-15(18)21/h3-9,22-23H,1-2H3/b17-16-,22-10?,23-11?. The average Bonchev–Trinajstić information content (AvgIpc) is 2.45. The summed E-state index contributed by atoms with van der Waals surface area (Å²) < 4.78 is 41.5. The summed E-state index contributed by atoms with van der Waals surface area (Å²) in [7, 11) is 0. The van der Waals surface area contributed by atoms with Gasteiger partial charge in [0.05, 0.1) is 5.56 Å². The lowest BCUT2D eigenvalue weighted by molar-refractivity contribution is 0.539. The Kier molecular flexibility index (Phi) is 4.79. The molecule has 0 bridgehead atoms. The lowest BCUT2D eigenvalue weighted by atomic mass is 9.89. The van der Waals surface area contributed by atoms with Crippen LogP contribution in [0.1, 0.15) is 25.0 Å². The Morgan fingerprint density at radius 3 is 1.70 bits per heavy atom. The minimum atomic E-state index is -1.10. The second kappa shape index (κ2) is 6.60. The second-order valence-electron chi connectivity index (χ2n) is 5.11. The van der Waals surface area contributed by atoms with Gasteiger partial charge in [-0.3, -0.25) is 0 Å². The molecule has 2 rings (SSSR count). The molecule has 0 unspecified atom stereocenters. The molecule has 0 aliphatic carbocycles. The quantitative estimate of drug-likeness (QED) is 0.583. The van der Waals surface area contributed by atoms with Crippen LogP contribution in [-0.4, -0.2) is 11.4 Å². The van der Waals surface area contributed by atoms with E-state index in [4.69, 9.17) is 10.8 Å². The van der Waals surface area contributed by atoms with Crippen molar-refractivity contribution in [3.8, 4) is 0 Å². The van der Waals surface area contributed by atoms with E-state index < -0.39 is 23.0 Å². The van der Waals surface area contributed by atoms with Gasteiger partial charge in [0, 0.05) is 34.7 Å². The summed E-state index contributed by atoms with van der Waals surface area (Å²) in [5, 5.41) is 15.9. The first-order chi connectivity index (χ1) is 10.8. The van der Waals surface area contributed by atoms with Crippen LogP contribution in [-0.2, 0) is 0 Å². The normalized spacial score (nSPS) is 11.9. The van der Waals surface area contributed by atoms with Crippen molar-refractivity contribution in [2.45, 2.75) is 13.8 Å². The second-order valence-corrected chi connectivity index (χ2v) is 5.11. The van der Waals surface area contributed by atoms with Gasteiger partial charge in [0.2, 0.25) is 0 Å². The van der Waals surface area contributed by atoms with Crippen LogP contribution in [0.2, 0.25) is 0 Å².